The van der Waals surface area contributed by atoms with Crippen LogP contribution in [0.15, 0.2) is 84.0 Å². The Balaban J connectivity index is 0.773. The van der Waals surface area contributed by atoms with E-state index in [0.29, 0.717) is 75.7 Å². The number of piperidine rings is 1. The number of nitrogens with one attached hydrogen (secondary N) is 3. The van der Waals surface area contributed by atoms with Gasteiger partial charge in [-0.3, -0.25) is 24.7 Å². The second kappa shape index (κ2) is 21.8. The van der Waals surface area contributed by atoms with Gasteiger partial charge in [0.05, 0.1) is 40.7 Å². The van der Waals surface area contributed by atoms with E-state index in [1.165, 1.54) is 24.4 Å². The van der Waals surface area contributed by atoms with Gasteiger partial charge in [-0.2, -0.15) is 9.97 Å². The summed E-state index contributed by atoms with van der Waals surface area (Å²) in [7, 11) is -4.79. The molecular formula is C58H65F2N11O10S. The lowest BCUT2D eigenvalue weighted by Gasteiger charge is -2.58. The third kappa shape index (κ3) is 10.4. The lowest BCUT2D eigenvalue weighted by atomic mass is 9.59. The zero-order valence-electron chi connectivity index (χ0n) is 45.6. The van der Waals surface area contributed by atoms with Crippen molar-refractivity contribution in [3.8, 4) is 17.4 Å². The Morgan fingerprint density at radius 2 is 1.76 bits per heavy atom. The first-order chi connectivity index (χ1) is 39.7. The Labute approximate surface area is 472 Å². The molecule has 5 fully saturated rings. The van der Waals surface area contributed by atoms with E-state index in [4.69, 9.17) is 38.6 Å². The molecule has 1 amide bonds. The third-order valence-corrected chi connectivity index (χ3v) is 19.0. The molecule has 0 unspecified atom stereocenters. The van der Waals surface area contributed by atoms with E-state index in [1.807, 2.05) is 49.1 Å². The van der Waals surface area contributed by atoms with Crippen LogP contribution in [-0.4, -0.2) is 145 Å². The van der Waals surface area contributed by atoms with Crippen molar-refractivity contribution in [2.24, 2.45) is 11.3 Å². The molecule has 1 aliphatic carbocycles. The molecule has 1 saturated carbocycles. The number of hydrogen-bond donors (Lipinski definition) is 3. The van der Waals surface area contributed by atoms with Crippen molar-refractivity contribution >= 4 is 55.8 Å². The van der Waals surface area contributed by atoms with Crippen LogP contribution in [-0.2, 0) is 26.0 Å². The average molecular weight is 1150 g/mol. The molecule has 24 heteroatoms. The van der Waals surface area contributed by atoms with Crippen LogP contribution in [0.2, 0.25) is 0 Å². The van der Waals surface area contributed by atoms with Crippen LogP contribution < -0.4 is 34.0 Å². The number of aromatic amines is 1. The number of rotatable bonds is 13. The number of amides is 1. The molecule has 6 aliphatic heterocycles. The monoisotopic (exact) mass is 1150 g/mol. The van der Waals surface area contributed by atoms with Gasteiger partial charge in [0.2, 0.25) is 11.8 Å². The van der Waals surface area contributed by atoms with E-state index in [2.05, 4.69) is 35.8 Å². The van der Waals surface area contributed by atoms with Gasteiger partial charge < -0.3 is 43.8 Å². The molecule has 3 aromatic carbocycles. The number of ether oxygens (including phenoxy) is 5. The molecule has 82 heavy (non-hydrogen) atoms. The third-order valence-electron chi connectivity index (χ3n) is 17.7. The summed E-state index contributed by atoms with van der Waals surface area (Å²) in [5.74, 6) is -1.03. The number of para-hydroxylation sites is 1. The number of anilines is 4. The number of carbonyl (C=O) groups is 1. The highest BCUT2D eigenvalue weighted by molar-refractivity contribution is 7.90. The Hall–Kier alpha value is -7.25. The van der Waals surface area contributed by atoms with Crippen LogP contribution in [0.4, 0.5) is 37.6 Å². The van der Waals surface area contributed by atoms with Gasteiger partial charge in [-0.25, -0.2) is 26.9 Å². The fourth-order valence-corrected chi connectivity index (χ4v) is 14.4. The van der Waals surface area contributed by atoms with Gasteiger partial charge in [0, 0.05) is 101 Å². The Morgan fingerprint density at radius 1 is 0.951 bits per heavy atom. The fraction of sp³-hybridized carbons (Fsp3) is 0.483. The van der Waals surface area contributed by atoms with Crippen molar-refractivity contribution in [1.82, 2.24) is 34.5 Å². The van der Waals surface area contributed by atoms with E-state index >= 15 is 0 Å². The SMILES string of the molecule is CC(C)Oc1ccccc1[C@@H]1CN(Cc2ccc(F)c(F)c2)CCN1C1CC2(CCN(c3ncc(C(=O)NS(=O)(=O)c4cc5c(c([N+](=O)[O-])c4)N[C@H](C4CCOCC4)CO5)c(N4c5cc6cc[nH]c6nc5O[C@H]5COCC[C@@H]54)n3)CC2)C1. The molecule has 1 spiro atoms. The predicted octanol–water partition coefficient (Wildman–Crippen LogP) is 8.04. The van der Waals surface area contributed by atoms with Gasteiger partial charge in [0.15, 0.2) is 28.9 Å². The second-order valence-corrected chi connectivity index (χ2v) is 24.8. The van der Waals surface area contributed by atoms with Crippen molar-refractivity contribution in [1.29, 1.82) is 0 Å². The van der Waals surface area contributed by atoms with Crippen LogP contribution in [0, 0.1) is 33.1 Å². The summed E-state index contributed by atoms with van der Waals surface area (Å²) in [5.41, 5.74) is 2.40. The molecule has 4 saturated heterocycles. The highest BCUT2D eigenvalue weighted by Crippen LogP contribution is 2.54. The quantitative estimate of drug-likeness (QED) is 0.0733. The molecule has 0 bridgehead atoms. The topological polar surface area (TPSA) is 232 Å². The van der Waals surface area contributed by atoms with Crippen molar-refractivity contribution in [3.63, 3.8) is 0 Å². The number of benzene rings is 3. The number of piperazine rings is 1. The van der Waals surface area contributed by atoms with Crippen LogP contribution in [0.1, 0.15) is 86.3 Å². The first-order valence-corrected chi connectivity index (χ1v) is 29.8. The number of halogens is 2. The van der Waals surface area contributed by atoms with E-state index in [1.54, 1.807) is 12.3 Å². The number of pyridine rings is 1. The van der Waals surface area contributed by atoms with E-state index in [0.717, 1.165) is 79.9 Å². The molecule has 13 rings (SSSR count). The molecule has 7 aliphatic rings. The second-order valence-electron chi connectivity index (χ2n) is 23.1. The molecule has 21 nitrogen and oxygen atoms in total. The first kappa shape index (κ1) is 54.0. The summed E-state index contributed by atoms with van der Waals surface area (Å²) in [6.45, 7) is 9.90. The normalized spacial score (nSPS) is 23.2. The summed E-state index contributed by atoms with van der Waals surface area (Å²) in [4.78, 5) is 53.1. The van der Waals surface area contributed by atoms with Crippen LogP contribution in [0.5, 0.6) is 17.4 Å². The number of nitrogens with zero attached hydrogens (tertiary/aromatic N) is 8. The number of nitro benzene ring substituents is 1. The van der Waals surface area contributed by atoms with Crippen LogP contribution in [0.3, 0.4) is 0 Å². The van der Waals surface area contributed by atoms with Gasteiger partial charge in [-0.15, -0.1) is 0 Å². The maximum absolute atomic E-state index is 14.8. The summed E-state index contributed by atoms with van der Waals surface area (Å²) in [6.07, 6.45) is 8.20. The lowest BCUT2D eigenvalue weighted by molar-refractivity contribution is -0.384. The minimum Gasteiger partial charge on any atom is -0.491 e. The molecule has 9 heterocycles. The minimum absolute atomic E-state index is 0.00340. The largest absolute Gasteiger partial charge is 0.491 e. The molecule has 3 aromatic heterocycles. The van der Waals surface area contributed by atoms with Crippen LogP contribution in [0.25, 0.3) is 11.0 Å². The van der Waals surface area contributed by atoms with E-state index < -0.39 is 55.2 Å². The summed E-state index contributed by atoms with van der Waals surface area (Å²) in [6, 6.07) is 17.8. The standard InChI is InChI=1S/C58H65F2N11O10S/c1-34(2)80-49-6-4-3-5-40(49)48-31-67(30-35-7-8-42(59)43(60)23-35)18-19-69(48)38-27-58(28-38)13-16-68(17-14-58)57-62-29-41(54(65-57)70-45-12-22-78-33-51(45)81-56-47(70)24-37-9-15-61-53(37)64-56)55(72)66-82(75,76)39-25-46(71(73)74)52-50(26-39)79-32-44(63-52)36-10-20-77-21-11-36/h3-9,15,23-26,29,34,36,38,44-45,48,51,63H,10-14,16-22,27-28,30-33H2,1-2H3,(H,61,64)(H,66,72)/t44-,45-,48-,51-/m0/s1. The summed E-state index contributed by atoms with van der Waals surface area (Å²) < 4.78 is 89.6. The highest BCUT2D eigenvalue weighted by atomic mass is 32.2. The Kier molecular flexibility index (Phi) is 14.4. The van der Waals surface area contributed by atoms with Crippen molar-refractivity contribution in [3.05, 3.63) is 118 Å². The van der Waals surface area contributed by atoms with Crippen LogP contribution >= 0.6 is 0 Å². The average Bonchev–Trinajstić information content (AvgIpc) is 3.06. The first-order valence-electron chi connectivity index (χ1n) is 28.3. The number of hydrogen-bond acceptors (Lipinski definition) is 18. The summed E-state index contributed by atoms with van der Waals surface area (Å²) >= 11 is 0. The number of sulfonamides is 1. The molecule has 432 valence electrons. The number of nitro groups is 1. The molecule has 6 aromatic rings. The maximum Gasteiger partial charge on any atom is 0.297 e. The van der Waals surface area contributed by atoms with E-state index in [-0.39, 0.29) is 71.4 Å². The Bertz CT molecular complexity index is 3530. The number of aromatic nitrogens is 4. The molecular weight excluding hydrogens is 1080 g/mol. The molecule has 4 atom stereocenters. The zero-order chi connectivity index (χ0) is 56.4. The molecule has 3 N–H and O–H groups in total. The van der Waals surface area contributed by atoms with Crippen molar-refractivity contribution < 1.29 is 50.6 Å². The van der Waals surface area contributed by atoms with Gasteiger partial charge >= 0.3 is 0 Å². The lowest BCUT2D eigenvalue weighted by Crippen LogP contribution is -2.60. The molecule has 0 radical (unpaired) electrons. The van der Waals surface area contributed by atoms with Gasteiger partial charge in [0.1, 0.15) is 35.4 Å². The Morgan fingerprint density at radius 3 is 2.55 bits per heavy atom. The highest BCUT2D eigenvalue weighted by Gasteiger charge is 2.51. The van der Waals surface area contributed by atoms with E-state index in [9.17, 15) is 32.1 Å². The number of carbonyl (C=O) groups excluding carboxylic acids is 1. The number of fused-ring (bicyclic) bond motifs is 4. The fourth-order valence-electron chi connectivity index (χ4n) is 13.4. The minimum atomic E-state index is -4.79. The predicted molar refractivity (Wildman–Crippen MR) is 298 cm³/mol. The van der Waals surface area contributed by atoms with Gasteiger partial charge in [-0.1, -0.05) is 24.3 Å². The smallest absolute Gasteiger partial charge is 0.297 e. The van der Waals surface area contributed by atoms with Crippen molar-refractivity contribution in [2.75, 3.05) is 80.9 Å². The van der Waals surface area contributed by atoms with Crippen molar-refractivity contribution in [2.45, 2.75) is 107 Å². The summed E-state index contributed by atoms with van der Waals surface area (Å²) in [5, 5.41) is 16.6. The number of H-pyrrole nitrogens is 1. The zero-order valence-corrected chi connectivity index (χ0v) is 46.4. The maximum atomic E-state index is 14.8. The van der Waals surface area contributed by atoms with Gasteiger partial charge in [-0.05, 0) is 106 Å². The van der Waals surface area contributed by atoms with Gasteiger partial charge in [0.25, 0.3) is 21.6 Å².